The van der Waals surface area contributed by atoms with Gasteiger partial charge in [0.1, 0.15) is 11.4 Å². The van der Waals surface area contributed by atoms with Gasteiger partial charge < -0.3 is 19.1 Å². The molecule has 0 aromatic heterocycles. The van der Waals surface area contributed by atoms with Crippen LogP contribution < -0.4 is 4.74 Å². The molecule has 2 atom stereocenters. The molecule has 0 N–H and O–H groups in total. The summed E-state index contributed by atoms with van der Waals surface area (Å²) in [6.07, 6.45) is 2.71. The van der Waals surface area contributed by atoms with E-state index in [-0.39, 0.29) is 24.8 Å². The number of likely N-dealkylation sites (tertiary alicyclic amines) is 1. The predicted octanol–water partition coefficient (Wildman–Crippen LogP) is 5.46. The fourth-order valence-electron chi connectivity index (χ4n) is 4.11. The van der Waals surface area contributed by atoms with E-state index < -0.39 is 5.60 Å². The van der Waals surface area contributed by atoms with Gasteiger partial charge >= 0.3 is 12.1 Å². The van der Waals surface area contributed by atoms with E-state index >= 15 is 0 Å². The van der Waals surface area contributed by atoms with Gasteiger partial charge in [0.2, 0.25) is 6.79 Å². The van der Waals surface area contributed by atoms with Gasteiger partial charge in [0.25, 0.3) is 0 Å². The van der Waals surface area contributed by atoms with Gasteiger partial charge in [-0.2, -0.15) is 0 Å². The highest BCUT2D eigenvalue weighted by atomic mass is 16.7. The lowest BCUT2D eigenvalue weighted by atomic mass is 9.90. The molecule has 6 heteroatoms. The Bertz CT molecular complexity index is 794. The first-order valence-corrected chi connectivity index (χ1v) is 11.5. The molecule has 2 aliphatic rings. The Balaban J connectivity index is 1.57. The number of rotatable bonds is 7. The van der Waals surface area contributed by atoms with Gasteiger partial charge in [-0.15, -0.1) is 0 Å². The van der Waals surface area contributed by atoms with Crippen molar-refractivity contribution in [3.63, 3.8) is 0 Å². The molecule has 1 saturated carbocycles. The second kappa shape index (κ2) is 9.49. The highest BCUT2D eigenvalue weighted by Crippen LogP contribution is 2.46. The molecule has 6 nitrogen and oxygen atoms in total. The molecule has 0 radical (unpaired) electrons. The molecule has 2 fully saturated rings. The number of esters is 1. The SMILES string of the molecule is CC(C)c1cccc(C(C)C2CC2)c1OCOC(=O)C1CCN(C(=O)OC(C)(C)C)C1. The summed E-state index contributed by atoms with van der Waals surface area (Å²) in [7, 11) is 0. The van der Waals surface area contributed by atoms with Crippen molar-refractivity contribution < 1.29 is 23.8 Å². The molecule has 172 valence electrons. The minimum atomic E-state index is -0.553. The van der Waals surface area contributed by atoms with Gasteiger partial charge in [-0.3, -0.25) is 4.79 Å². The van der Waals surface area contributed by atoms with Crippen LogP contribution in [0.25, 0.3) is 0 Å². The van der Waals surface area contributed by atoms with Crippen molar-refractivity contribution >= 4 is 12.1 Å². The van der Waals surface area contributed by atoms with Crippen LogP contribution in [0.15, 0.2) is 18.2 Å². The lowest BCUT2D eigenvalue weighted by Crippen LogP contribution is -2.36. The van der Waals surface area contributed by atoms with Gasteiger partial charge in [0.05, 0.1) is 5.92 Å². The van der Waals surface area contributed by atoms with E-state index in [0.29, 0.717) is 37.3 Å². The zero-order valence-electron chi connectivity index (χ0n) is 19.8. The molecule has 0 bridgehead atoms. The maximum Gasteiger partial charge on any atom is 0.410 e. The standard InChI is InChI=1S/C25H37NO5/c1-16(2)20-8-7-9-21(17(3)18-10-11-18)22(20)29-15-30-23(27)19-12-13-26(14-19)24(28)31-25(4,5)6/h7-9,16-19H,10-15H2,1-6H3. The third-order valence-electron chi connectivity index (χ3n) is 6.10. The number of hydrogen-bond acceptors (Lipinski definition) is 5. The number of para-hydroxylation sites is 1. The van der Waals surface area contributed by atoms with Crippen molar-refractivity contribution in [2.45, 2.75) is 78.2 Å². The summed E-state index contributed by atoms with van der Waals surface area (Å²) in [4.78, 5) is 26.4. The average Bonchev–Trinajstić information content (AvgIpc) is 3.41. The van der Waals surface area contributed by atoms with Gasteiger partial charge in [0.15, 0.2) is 0 Å². The Morgan fingerprint density at radius 1 is 1.10 bits per heavy atom. The van der Waals surface area contributed by atoms with E-state index in [1.807, 2.05) is 20.8 Å². The molecule has 1 aromatic carbocycles. The maximum atomic E-state index is 12.6. The van der Waals surface area contributed by atoms with Crippen LogP contribution in [-0.2, 0) is 14.3 Å². The molecule has 0 spiro atoms. The first kappa shape index (κ1) is 23.4. The van der Waals surface area contributed by atoms with Crippen molar-refractivity contribution in [1.29, 1.82) is 0 Å². The zero-order valence-corrected chi connectivity index (χ0v) is 19.8. The van der Waals surface area contributed by atoms with E-state index in [1.54, 1.807) is 4.90 Å². The van der Waals surface area contributed by atoms with E-state index in [9.17, 15) is 9.59 Å². The fraction of sp³-hybridized carbons (Fsp3) is 0.680. The van der Waals surface area contributed by atoms with Crippen LogP contribution in [0.1, 0.15) is 83.8 Å². The molecule has 1 amide bonds. The number of nitrogens with zero attached hydrogens (tertiary/aromatic N) is 1. The Kier molecular flexibility index (Phi) is 7.17. The highest BCUT2D eigenvalue weighted by molar-refractivity contribution is 5.75. The summed E-state index contributed by atoms with van der Waals surface area (Å²) in [5.74, 6) is 1.64. The largest absolute Gasteiger partial charge is 0.457 e. The van der Waals surface area contributed by atoms with Crippen LogP contribution in [0.5, 0.6) is 5.75 Å². The van der Waals surface area contributed by atoms with Crippen LogP contribution >= 0.6 is 0 Å². The molecular formula is C25H37NO5. The number of carbonyl (C=O) groups is 2. The number of amides is 1. The minimum absolute atomic E-state index is 0.115. The van der Waals surface area contributed by atoms with Gasteiger partial charge in [-0.05, 0) is 68.9 Å². The van der Waals surface area contributed by atoms with Crippen LogP contribution in [0.2, 0.25) is 0 Å². The van der Waals surface area contributed by atoms with Crippen molar-refractivity contribution in [3.8, 4) is 5.75 Å². The highest BCUT2D eigenvalue weighted by Gasteiger charge is 2.35. The molecule has 3 rings (SSSR count). The molecular weight excluding hydrogens is 394 g/mol. The summed E-state index contributed by atoms with van der Waals surface area (Å²) in [5, 5.41) is 0. The van der Waals surface area contributed by atoms with Crippen LogP contribution in [-0.4, -0.2) is 42.4 Å². The molecule has 1 aliphatic heterocycles. The number of carbonyl (C=O) groups excluding carboxylic acids is 2. The first-order valence-electron chi connectivity index (χ1n) is 11.5. The normalized spacial score (nSPS) is 20.0. The second-order valence-electron chi connectivity index (χ2n) is 10.2. The van der Waals surface area contributed by atoms with Crippen LogP contribution in [0, 0.1) is 11.8 Å². The maximum absolute atomic E-state index is 12.6. The van der Waals surface area contributed by atoms with E-state index in [2.05, 4.69) is 39.0 Å². The van der Waals surface area contributed by atoms with Gasteiger partial charge in [-0.1, -0.05) is 39.0 Å². The third kappa shape index (κ3) is 6.14. The van der Waals surface area contributed by atoms with Crippen molar-refractivity contribution in [3.05, 3.63) is 29.3 Å². The zero-order chi connectivity index (χ0) is 22.8. The quantitative estimate of drug-likeness (QED) is 0.424. The first-order chi connectivity index (χ1) is 14.6. The molecule has 1 aliphatic carbocycles. The predicted molar refractivity (Wildman–Crippen MR) is 119 cm³/mol. The molecule has 2 unspecified atom stereocenters. The lowest BCUT2D eigenvalue weighted by Gasteiger charge is -2.24. The number of hydrogen-bond donors (Lipinski definition) is 0. The molecule has 31 heavy (non-hydrogen) atoms. The molecule has 1 aromatic rings. The van der Waals surface area contributed by atoms with Crippen molar-refractivity contribution in [2.75, 3.05) is 19.9 Å². The monoisotopic (exact) mass is 431 g/mol. The van der Waals surface area contributed by atoms with E-state index in [4.69, 9.17) is 14.2 Å². The molecule has 1 saturated heterocycles. The summed E-state index contributed by atoms with van der Waals surface area (Å²) < 4.78 is 16.9. The minimum Gasteiger partial charge on any atom is -0.457 e. The van der Waals surface area contributed by atoms with Gasteiger partial charge in [-0.25, -0.2) is 4.79 Å². The summed E-state index contributed by atoms with van der Waals surface area (Å²) in [5.41, 5.74) is 1.78. The summed E-state index contributed by atoms with van der Waals surface area (Å²) in [6, 6.07) is 6.30. The van der Waals surface area contributed by atoms with Crippen LogP contribution in [0.3, 0.4) is 0 Å². The summed E-state index contributed by atoms with van der Waals surface area (Å²) >= 11 is 0. The van der Waals surface area contributed by atoms with E-state index in [1.165, 1.54) is 18.4 Å². The lowest BCUT2D eigenvalue weighted by molar-refractivity contribution is -0.154. The third-order valence-corrected chi connectivity index (χ3v) is 6.10. The second-order valence-corrected chi connectivity index (χ2v) is 10.2. The average molecular weight is 432 g/mol. The molecule has 1 heterocycles. The summed E-state index contributed by atoms with van der Waals surface area (Å²) in [6.45, 7) is 12.7. The Hall–Kier alpha value is -2.24. The van der Waals surface area contributed by atoms with Crippen molar-refractivity contribution in [1.82, 2.24) is 4.90 Å². The van der Waals surface area contributed by atoms with E-state index in [0.717, 1.165) is 11.3 Å². The number of benzene rings is 1. The van der Waals surface area contributed by atoms with Crippen molar-refractivity contribution in [2.24, 2.45) is 11.8 Å². The Morgan fingerprint density at radius 2 is 1.77 bits per heavy atom. The smallest absolute Gasteiger partial charge is 0.410 e. The fourth-order valence-corrected chi connectivity index (χ4v) is 4.11. The topological polar surface area (TPSA) is 65.1 Å². The Labute approximate surface area is 186 Å². The number of ether oxygens (including phenoxy) is 3. The Morgan fingerprint density at radius 3 is 2.39 bits per heavy atom. The van der Waals surface area contributed by atoms with Crippen LogP contribution in [0.4, 0.5) is 4.79 Å². The van der Waals surface area contributed by atoms with Gasteiger partial charge in [0, 0.05) is 13.1 Å².